The van der Waals surface area contributed by atoms with Gasteiger partial charge in [-0.3, -0.25) is 9.59 Å². The first-order chi connectivity index (χ1) is 16.0. The first kappa shape index (κ1) is 25.4. The van der Waals surface area contributed by atoms with E-state index >= 15 is 0 Å². The van der Waals surface area contributed by atoms with E-state index in [0.717, 1.165) is 0 Å². The van der Waals surface area contributed by atoms with E-state index in [4.69, 9.17) is 0 Å². The van der Waals surface area contributed by atoms with Gasteiger partial charge in [-0.1, -0.05) is 11.2 Å². The molecule has 186 valence electrons. The molecule has 0 spiro atoms. The number of aromatic nitrogens is 4. The highest BCUT2D eigenvalue weighted by atomic mass is 19.4. The van der Waals surface area contributed by atoms with Crippen molar-refractivity contribution in [1.29, 1.82) is 0 Å². The van der Waals surface area contributed by atoms with Gasteiger partial charge in [-0.25, -0.2) is 0 Å². The fraction of sp³-hybridized carbons (Fsp3) is 0.591. The van der Waals surface area contributed by atoms with Gasteiger partial charge in [0.05, 0.1) is 31.5 Å². The van der Waals surface area contributed by atoms with Crippen LogP contribution < -0.4 is 9.80 Å². The topological polar surface area (TPSA) is 93.5 Å². The Hall–Kier alpha value is -3.18. The zero-order valence-corrected chi connectivity index (χ0v) is 19.9. The maximum absolute atomic E-state index is 14.0. The Labute approximate surface area is 195 Å². The second-order valence-corrected chi connectivity index (χ2v) is 8.45. The third-order valence-electron chi connectivity index (χ3n) is 6.12. The second-order valence-electron chi connectivity index (χ2n) is 8.45. The first-order valence-electron chi connectivity index (χ1n) is 11.0. The predicted octanol–water partition coefficient (Wildman–Crippen LogP) is 3.49. The number of benzene rings is 1. The van der Waals surface area contributed by atoms with Crippen LogP contribution in [0.25, 0.3) is 0 Å². The number of hydrogen-bond acceptors (Lipinski definition) is 7. The summed E-state index contributed by atoms with van der Waals surface area (Å²) in [5.41, 5.74) is 0.237. The number of carbonyl (C=O) groups is 2. The van der Waals surface area contributed by atoms with Crippen molar-refractivity contribution in [3.8, 4) is 0 Å². The van der Waals surface area contributed by atoms with E-state index in [1.807, 2.05) is 0 Å². The number of amides is 1. The molecule has 0 bridgehead atoms. The molecular formula is C22H29F3N6O3. The van der Waals surface area contributed by atoms with Crippen LogP contribution in [-0.4, -0.2) is 52.8 Å². The molecule has 1 amide bonds. The van der Waals surface area contributed by atoms with E-state index < -0.39 is 17.7 Å². The van der Waals surface area contributed by atoms with E-state index in [2.05, 4.69) is 20.1 Å². The Morgan fingerprint density at radius 2 is 1.97 bits per heavy atom. The van der Waals surface area contributed by atoms with E-state index in [-0.39, 0.29) is 54.6 Å². The lowest BCUT2D eigenvalue weighted by Crippen LogP contribution is -2.33. The van der Waals surface area contributed by atoms with Gasteiger partial charge in [0.2, 0.25) is 5.91 Å². The number of alkyl halides is 3. The van der Waals surface area contributed by atoms with Crippen molar-refractivity contribution in [1.82, 2.24) is 20.2 Å². The third kappa shape index (κ3) is 5.15. The second kappa shape index (κ2) is 9.98. The van der Waals surface area contributed by atoms with E-state index in [9.17, 15) is 22.8 Å². The molecule has 34 heavy (non-hydrogen) atoms. The largest absolute Gasteiger partial charge is 0.469 e. The van der Waals surface area contributed by atoms with Crippen molar-refractivity contribution in [3.05, 3.63) is 28.3 Å². The molecule has 2 heterocycles. The van der Waals surface area contributed by atoms with Crippen LogP contribution in [0.3, 0.4) is 0 Å². The molecule has 1 aromatic heterocycles. The van der Waals surface area contributed by atoms with Gasteiger partial charge in [0.15, 0.2) is 0 Å². The molecule has 1 atom stereocenters. The van der Waals surface area contributed by atoms with Gasteiger partial charge < -0.3 is 14.5 Å². The Morgan fingerprint density at radius 1 is 1.26 bits per heavy atom. The van der Waals surface area contributed by atoms with Crippen LogP contribution in [0, 0.1) is 13.8 Å². The number of methoxy groups -OCH3 is 1. The SMILES string of the molecule is COC(=O)CCCC(=O)N1CCCC(N(C)c2nnn(C)n2)c2cc(C)c(C(F)(F)F)c(C)c21. The van der Waals surface area contributed by atoms with Crippen molar-refractivity contribution >= 4 is 23.5 Å². The molecule has 0 saturated heterocycles. The number of halogens is 3. The zero-order valence-electron chi connectivity index (χ0n) is 19.9. The summed E-state index contributed by atoms with van der Waals surface area (Å²) < 4.78 is 46.5. The zero-order chi connectivity index (χ0) is 25.2. The molecule has 1 aliphatic heterocycles. The van der Waals surface area contributed by atoms with Gasteiger partial charge in [-0.2, -0.15) is 18.0 Å². The number of fused-ring (bicyclic) bond motifs is 1. The van der Waals surface area contributed by atoms with Crippen molar-refractivity contribution in [3.63, 3.8) is 0 Å². The Bertz CT molecular complexity index is 1070. The van der Waals surface area contributed by atoms with Crippen LogP contribution in [0.4, 0.5) is 24.8 Å². The Balaban J connectivity index is 2.08. The highest BCUT2D eigenvalue weighted by Gasteiger charge is 2.39. The van der Waals surface area contributed by atoms with Gasteiger partial charge in [0.25, 0.3) is 5.95 Å². The number of esters is 1. The van der Waals surface area contributed by atoms with Crippen LogP contribution in [-0.2, 0) is 27.5 Å². The summed E-state index contributed by atoms with van der Waals surface area (Å²) in [6.07, 6.45) is -3.09. The lowest BCUT2D eigenvalue weighted by atomic mass is 9.91. The number of hydrogen-bond donors (Lipinski definition) is 0. The van der Waals surface area contributed by atoms with Crippen LogP contribution in [0.1, 0.15) is 60.4 Å². The number of nitrogens with zero attached hydrogens (tertiary/aromatic N) is 6. The number of carbonyl (C=O) groups excluding carboxylic acids is 2. The fourth-order valence-electron chi connectivity index (χ4n) is 4.59. The molecule has 9 nitrogen and oxygen atoms in total. The van der Waals surface area contributed by atoms with Crippen molar-refractivity contribution in [2.24, 2.45) is 7.05 Å². The number of rotatable bonds is 6. The summed E-state index contributed by atoms with van der Waals surface area (Å²) in [6.45, 7) is 3.11. The van der Waals surface area contributed by atoms with E-state index in [1.165, 1.54) is 36.7 Å². The molecule has 3 rings (SSSR count). The summed E-state index contributed by atoms with van der Waals surface area (Å²) in [4.78, 5) is 29.1. The van der Waals surface area contributed by atoms with Crippen LogP contribution in [0.2, 0.25) is 0 Å². The van der Waals surface area contributed by atoms with Crippen LogP contribution in [0.5, 0.6) is 0 Å². The summed E-state index contributed by atoms with van der Waals surface area (Å²) in [7, 11) is 4.66. The monoisotopic (exact) mass is 482 g/mol. The summed E-state index contributed by atoms with van der Waals surface area (Å²) >= 11 is 0. The van der Waals surface area contributed by atoms with Crippen molar-refractivity contribution in [2.75, 3.05) is 30.5 Å². The van der Waals surface area contributed by atoms with Gasteiger partial charge in [-0.05, 0) is 55.0 Å². The highest BCUT2D eigenvalue weighted by molar-refractivity contribution is 5.96. The minimum Gasteiger partial charge on any atom is -0.469 e. The number of tetrazole rings is 1. The van der Waals surface area contributed by atoms with Gasteiger partial charge in [-0.15, -0.1) is 5.10 Å². The summed E-state index contributed by atoms with van der Waals surface area (Å²) in [6, 6.07) is 1.16. The molecule has 2 aromatic rings. The molecule has 1 aliphatic rings. The van der Waals surface area contributed by atoms with E-state index in [0.29, 0.717) is 24.4 Å². The Morgan fingerprint density at radius 3 is 2.56 bits per heavy atom. The minimum absolute atomic E-state index is 0.0104. The molecular weight excluding hydrogens is 453 g/mol. The van der Waals surface area contributed by atoms with Crippen molar-refractivity contribution < 1.29 is 27.5 Å². The molecule has 1 aromatic carbocycles. The highest BCUT2D eigenvalue weighted by Crippen LogP contribution is 2.45. The van der Waals surface area contributed by atoms with Crippen molar-refractivity contribution in [2.45, 2.75) is 58.2 Å². The maximum Gasteiger partial charge on any atom is 0.416 e. The summed E-state index contributed by atoms with van der Waals surface area (Å²) in [5.74, 6) is -0.425. The normalized spacial score (nSPS) is 16.1. The quantitative estimate of drug-likeness (QED) is 0.582. The number of aryl methyl sites for hydroxylation is 2. The van der Waals surface area contributed by atoms with Crippen LogP contribution >= 0.6 is 0 Å². The molecule has 0 saturated carbocycles. The predicted molar refractivity (Wildman–Crippen MR) is 118 cm³/mol. The molecule has 1 unspecified atom stereocenters. The van der Waals surface area contributed by atoms with Gasteiger partial charge in [0.1, 0.15) is 0 Å². The van der Waals surface area contributed by atoms with E-state index in [1.54, 1.807) is 19.0 Å². The molecule has 0 radical (unpaired) electrons. The number of anilines is 2. The maximum atomic E-state index is 14.0. The Kier molecular flexibility index (Phi) is 7.47. The lowest BCUT2D eigenvalue weighted by molar-refractivity contribution is -0.141. The fourth-order valence-corrected chi connectivity index (χ4v) is 4.59. The third-order valence-corrected chi connectivity index (χ3v) is 6.12. The first-order valence-corrected chi connectivity index (χ1v) is 11.0. The molecule has 12 heteroatoms. The van der Waals surface area contributed by atoms with Gasteiger partial charge in [0, 0.05) is 26.4 Å². The standard InChI is InChI=1S/C22H29F3N6O3/c1-13-12-15-16(29(3)21-26-28-30(4)27-21)8-7-11-31(17(32)9-6-10-18(33)34-5)20(15)14(2)19(13)22(23,24)25/h12,16H,6-11H2,1-5H3. The van der Waals surface area contributed by atoms with Crippen LogP contribution in [0.15, 0.2) is 6.07 Å². The average Bonchev–Trinajstić information content (AvgIpc) is 3.09. The molecule has 0 aliphatic carbocycles. The lowest BCUT2D eigenvalue weighted by Gasteiger charge is -2.32. The molecule has 0 fully saturated rings. The molecule has 0 N–H and O–H groups in total. The average molecular weight is 483 g/mol. The minimum atomic E-state index is -4.57. The smallest absolute Gasteiger partial charge is 0.416 e. The number of ether oxygens (including phenoxy) is 1. The summed E-state index contributed by atoms with van der Waals surface area (Å²) in [5, 5.41) is 12.1. The van der Waals surface area contributed by atoms with Gasteiger partial charge >= 0.3 is 12.1 Å².